The van der Waals surface area contributed by atoms with Crippen molar-refractivity contribution in [2.24, 2.45) is 0 Å². The maximum absolute atomic E-state index is 9.98. The van der Waals surface area contributed by atoms with Crippen molar-refractivity contribution in [2.75, 3.05) is 0 Å². The molecule has 7 aromatic rings. The molecule has 9 heteroatoms. The number of benzene rings is 7. The number of hydrogen-bond donors (Lipinski definition) is 6. The Kier molecular flexibility index (Phi) is 11.4. The first kappa shape index (κ1) is 36.8. The number of rotatable bonds is 12. The Hall–Kier alpha value is -5.51. The predicted molar refractivity (Wildman–Crippen MR) is 220 cm³/mol. The highest BCUT2D eigenvalue weighted by Gasteiger charge is 2.18. The van der Waals surface area contributed by atoms with Crippen molar-refractivity contribution >= 4 is 37.7 Å². The van der Waals surface area contributed by atoms with E-state index in [0.29, 0.717) is 35.7 Å². The van der Waals surface area contributed by atoms with Gasteiger partial charge in [-0.1, -0.05) is 146 Å². The first-order valence-corrected chi connectivity index (χ1v) is 18.0. The van der Waals surface area contributed by atoms with E-state index >= 15 is 0 Å². The fourth-order valence-electron chi connectivity index (χ4n) is 7.21. The molecule has 0 atom stereocenters. The van der Waals surface area contributed by atoms with Gasteiger partial charge in [0.25, 0.3) is 0 Å². The topological polar surface area (TPSA) is 121 Å². The summed E-state index contributed by atoms with van der Waals surface area (Å²) in [5, 5.41) is 59.9. The highest BCUT2D eigenvalue weighted by atomic mass is 16.4. The minimum Gasteiger partial charge on any atom is -0.423 e. The van der Waals surface area contributed by atoms with Gasteiger partial charge in [0.2, 0.25) is 0 Å². The second-order valence-electron chi connectivity index (χ2n) is 13.6. The summed E-state index contributed by atoms with van der Waals surface area (Å²) in [6.45, 7) is 0. The van der Waals surface area contributed by atoms with Crippen LogP contribution in [0.25, 0.3) is 33.4 Å². The first-order valence-electron chi connectivity index (χ1n) is 18.0. The van der Waals surface area contributed by atoms with Gasteiger partial charge in [-0.2, -0.15) is 0 Å². The molecule has 0 aromatic heterocycles. The van der Waals surface area contributed by atoms with E-state index in [9.17, 15) is 30.1 Å². The molecule has 0 bridgehead atoms. The molecule has 0 saturated carbocycles. The summed E-state index contributed by atoms with van der Waals surface area (Å²) in [4.78, 5) is 0. The summed E-state index contributed by atoms with van der Waals surface area (Å²) >= 11 is 0. The Morgan fingerprint density at radius 3 is 0.833 bits per heavy atom. The van der Waals surface area contributed by atoms with Crippen molar-refractivity contribution < 1.29 is 30.1 Å². The third-order valence-electron chi connectivity index (χ3n) is 9.90. The SMILES string of the molecule is OB(O)c1ccccc1Cc1cccc(-c2cc(-c3cccc(Cc4ccccc4B(O)O)c3)cc(-c3cccc(Cc4ccccc4B(O)O)c3)c2)c1. The van der Waals surface area contributed by atoms with Crippen LogP contribution in [0.1, 0.15) is 33.4 Å². The van der Waals surface area contributed by atoms with Crippen molar-refractivity contribution in [1.82, 2.24) is 0 Å². The molecular weight excluding hydrogens is 669 g/mol. The summed E-state index contributed by atoms with van der Waals surface area (Å²) in [5.41, 5.74) is 13.2. The van der Waals surface area contributed by atoms with Crippen LogP contribution in [0.15, 0.2) is 164 Å². The van der Waals surface area contributed by atoms with Crippen LogP contribution in [-0.2, 0) is 19.3 Å². The van der Waals surface area contributed by atoms with Crippen molar-refractivity contribution in [3.05, 3.63) is 197 Å². The zero-order valence-corrected chi connectivity index (χ0v) is 29.6. The maximum atomic E-state index is 9.98. The van der Waals surface area contributed by atoms with E-state index in [0.717, 1.165) is 66.8 Å². The predicted octanol–water partition coefficient (Wildman–Crippen LogP) is 4.50. The molecule has 0 heterocycles. The molecule has 0 aliphatic rings. The highest BCUT2D eigenvalue weighted by Crippen LogP contribution is 2.34. The lowest BCUT2D eigenvalue weighted by atomic mass is 9.75. The quantitative estimate of drug-likeness (QED) is 0.104. The first-order chi connectivity index (χ1) is 26.2. The summed E-state index contributed by atoms with van der Waals surface area (Å²) in [5.74, 6) is 0. The van der Waals surface area contributed by atoms with Crippen LogP contribution in [0.5, 0.6) is 0 Å². The number of hydrogen-bond acceptors (Lipinski definition) is 6. The summed E-state index contributed by atoms with van der Waals surface area (Å²) in [6.07, 6.45) is 1.60. The van der Waals surface area contributed by atoms with Gasteiger partial charge in [-0.15, -0.1) is 0 Å². The molecule has 54 heavy (non-hydrogen) atoms. The second kappa shape index (κ2) is 16.7. The van der Waals surface area contributed by atoms with Crippen molar-refractivity contribution in [3.8, 4) is 33.4 Å². The van der Waals surface area contributed by atoms with E-state index < -0.39 is 21.4 Å². The fraction of sp³-hybridized carbons (Fsp3) is 0.0667. The van der Waals surface area contributed by atoms with E-state index in [1.54, 1.807) is 36.4 Å². The van der Waals surface area contributed by atoms with Gasteiger partial charge in [0.05, 0.1) is 0 Å². The largest absolute Gasteiger partial charge is 0.488 e. The molecule has 0 unspecified atom stereocenters. The average Bonchev–Trinajstić information content (AvgIpc) is 3.18. The van der Waals surface area contributed by atoms with E-state index in [2.05, 4.69) is 54.6 Å². The van der Waals surface area contributed by atoms with Crippen molar-refractivity contribution in [3.63, 3.8) is 0 Å². The molecule has 6 nitrogen and oxygen atoms in total. The Morgan fingerprint density at radius 1 is 0.278 bits per heavy atom. The van der Waals surface area contributed by atoms with Gasteiger partial charge in [-0.25, -0.2) is 0 Å². The van der Waals surface area contributed by atoms with E-state index in [1.807, 2.05) is 72.8 Å². The minimum absolute atomic E-state index is 0.485. The molecular formula is C45H39B3O6. The Morgan fingerprint density at radius 2 is 0.556 bits per heavy atom. The monoisotopic (exact) mass is 708 g/mol. The van der Waals surface area contributed by atoms with Crippen LogP contribution in [0.4, 0.5) is 0 Å². The van der Waals surface area contributed by atoms with Gasteiger partial charge < -0.3 is 30.1 Å². The summed E-state index contributed by atoms with van der Waals surface area (Å²) in [7, 11) is -4.67. The zero-order chi connectivity index (χ0) is 37.6. The normalized spacial score (nSPS) is 11.0. The van der Waals surface area contributed by atoms with Crippen LogP contribution in [-0.4, -0.2) is 51.5 Å². The molecule has 0 spiro atoms. The van der Waals surface area contributed by atoms with Gasteiger partial charge >= 0.3 is 21.4 Å². The second-order valence-corrected chi connectivity index (χ2v) is 13.6. The standard InChI is InChI=1S/C45H39B3O6/c49-46(50)43-19-4-1-13-37(43)25-31-10-7-16-34(22-31)40-28-41(35-17-8-11-32(23-35)26-38-14-2-5-20-44(38)47(51)52)30-42(29-40)36-18-9-12-33(24-36)27-39-15-3-6-21-45(39)48(53)54/h1-24,28-30,49-54H,25-27H2. The van der Waals surface area contributed by atoms with E-state index in [-0.39, 0.29) is 0 Å². The smallest absolute Gasteiger partial charge is 0.423 e. The lowest BCUT2D eigenvalue weighted by Gasteiger charge is -2.15. The van der Waals surface area contributed by atoms with Gasteiger partial charge in [0.15, 0.2) is 0 Å². The van der Waals surface area contributed by atoms with Crippen LogP contribution >= 0.6 is 0 Å². The van der Waals surface area contributed by atoms with Crippen molar-refractivity contribution in [2.45, 2.75) is 19.3 Å². The van der Waals surface area contributed by atoms with Crippen LogP contribution in [0, 0.1) is 0 Å². The van der Waals surface area contributed by atoms with Gasteiger partial charge in [0.1, 0.15) is 0 Å². The van der Waals surface area contributed by atoms with Crippen LogP contribution < -0.4 is 16.4 Å². The average molecular weight is 708 g/mol. The summed E-state index contributed by atoms with van der Waals surface area (Å²) in [6, 6.07) is 53.5. The van der Waals surface area contributed by atoms with Gasteiger partial charge in [-0.3, -0.25) is 0 Å². The van der Waals surface area contributed by atoms with Gasteiger partial charge in [0, 0.05) is 0 Å². The van der Waals surface area contributed by atoms with Crippen molar-refractivity contribution in [1.29, 1.82) is 0 Å². The Balaban J connectivity index is 1.30. The molecule has 0 amide bonds. The Bertz CT molecular complexity index is 2120. The zero-order valence-electron chi connectivity index (χ0n) is 29.6. The molecule has 6 N–H and O–H groups in total. The molecule has 0 aliphatic carbocycles. The maximum Gasteiger partial charge on any atom is 0.488 e. The molecule has 0 fully saturated rings. The highest BCUT2D eigenvalue weighted by molar-refractivity contribution is 6.60. The van der Waals surface area contributed by atoms with Gasteiger partial charge in [-0.05, 0) is 121 Å². The molecule has 264 valence electrons. The lowest BCUT2D eigenvalue weighted by molar-refractivity contribution is 0.424. The molecule has 7 aromatic carbocycles. The Labute approximate surface area is 316 Å². The van der Waals surface area contributed by atoms with E-state index in [1.165, 1.54) is 0 Å². The minimum atomic E-state index is -1.56. The lowest BCUT2D eigenvalue weighted by Crippen LogP contribution is -2.32. The molecule has 0 saturated heterocycles. The molecule has 7 rings (SSSR count). The molecule has 0 radical (unpaired) electrons. The van der Waals surface area contributed by atoms with Crippen LogP contribution in [0.3, 0.4) is 0 Å². The summed E-state index contributed by atoms with van der Waals surface area (Å²) < 4.78 is 0. The van der Waals surface area contributed by atoms with Crippen LogP contribution in [0.2, 0.25) is 0 Å². The third kappa shape index (κ3) is 8.65. The van der Waals surface area contributed by atoms with E-state index in [4.69, 9.17) is 0 Å². The molecule has 0 aliphatic heterocycles. The third-order valence-corrected chi connectivity index (χ3v) is 9.90. The fourth-order valence-corrected chi connectivity index (χ4v) is 7.21.